The van der Waals surface area contributed by atoms with Gasteiger partial charge in [-0.15, -0.1) is 0 Å². The molecule has 2 aliphatic carbocycles. The summed E-state index contributed by atoms with van der Waals surface area (Å²) in [5.74, 6) is -0.558. The van der Waals surface area contributed by atoms with Crippen molar-refractivity contribution in [1.29, 1.82) is 0 Å². The minimum Gasteiger partial charge on any atom is -0.480 e. The van der Waals surface area contributed by atoms with E-state index in [9.17, 15) is 9.90 Å². The zero-order valence-corrected chi connectivity index (χ0v) is 11.3. The summed E-state index contributed by atoms with van der Waals surface area (Å²) >= 11 is 0. The average molecular weight is 251 g/mol. The minimum atomic E-state index is -0.558. The zero-order valence-electron chi connectivity index (χ0n) is 11.3. The molecule has 3 heteroatoms. The van der Waals surface area contributed by atoms with Crippen LogP contribution >= 0.6 is 0 Å². The van der Waals surface area contributed by atoms with Gasteiger partial charge in [0.25, 0.3) is 0 Å². The van der Waals surface area contributed by atoms with Crippen molar-refractivity contribution in [2.24, 2.45) is 5.41 Å². The van der Waals surface area contributed by atoms with Crippen LogP contribution in [-0.2, 0) is 4.79 Å². The molecule has 0 aromatic heterocycles. The molecule has 18 heavy (non-hydrogen) atoms. The Kier molecular flexibility index (Phi) is 3.13. The molecule has 0 atom stereocenters. The molecule has 0 aromatic rings. The number of carbonyl (C=O) groups is 1. The van der Waals surface area contributed by atoms with Gasteiger partial charge in [0, 0.05) is 0 Å². The number of likely N-dealkylation sites (tertiary alicyclic amines) is 1. The fourth-order valence-electron chi connectivity index (χ4n) is 4.63. The topological polar surface area (TPSA) is 40.5 Å². The van der Waals surface area contributed by atoms with Crippen molar-refractivity contribution >= 4 is 5.97 Å². The smallest absolute Gasteiger partial charge is 0.324 e. The molecule has 3 rings (SSSR count). The molecular formula is C15H25NO2. The van der Waals surface area contributed by atoms with Crippen molar-refractivity contribution in [3.05, 3.63) is 0 Å². The van der Waals surface area contributed by atoms with Crippen LogP contribution in [0.2, 0.25) is 0 Å². The van der Waals surface area contributed by atoms with Gasteiger partial charge in [-0.05, 0) is 69.9 Å². The van der Waals surface area contributed by atoms with Crippen LogP contribution in [0, 0.1) is 5.41 Å². The van der Waals surface area contributed by atoms with E-state index < -0.39 is 11.5 Å². The van der Waals surface area contributed by atoms with E-state index in [2.05, 4.69) is 4.90 Å². The molecule has 1 spiro atoms. The summed E-state index contributed by atoms with van der Waals surface area (Å²) in [6.07, 6.45) is 11.9. The summed E-state index contributed by atoms with van der Waals surface area (Å²) < 4.78 is 0. The molecule has 0 unspecified atom stereocenters. The van der Waals surface area contributed by atoms with Crippen LogP contribution in [0.4, 0.5) is 0 Å². The van der Waals surface area contributed by atoms with E-state index in [0.29, 0.717) is 5.41 Å². The standard InChI is InChI=1S/C15H25NO2/c17-13(18)15(16-11-3-4-12-16)9-7-14(8-10-15)5-1-2-6-14/h1-12H2,(H,17,18). The van der Waals surface area contributed by atoms with Crippen molar-refractivity contribution in [2.75, 3.05) is 13.1 Å². The average Bonchev–Trinajstić information content (AvgIpc) is 3.02. The van der Waals surface area contributed by atoms with Gasteiger partial charge in [-0.3, -0.25) is 9.69 Å². The Bertz CT molecular complexity index is 317. The summed E-state index contributed by atoms with van der Waals surface area (Å²) in [5.41, 5.74) is 0.0169. The van der Waals surface area contributed by atoms with Gasteiger partial charge in [0.1, 0.15) is 5.54 Å². The lowest BCUT2D eigenvalue weighted by atomic mass is 9.66. The van der Waals surface area contributed by atoms with E-state index in [4.69, 9.17) is 0 Å². The molecule has 0 amide bonds. The molecule has 0 bridgehead atoms. The highest BCUT2D eigenvalue weighted by atomic mass is 16.4. The number of hydrogen-bond donors (Lipinski definition) is 1. The third-order valence-corrected chi connectivity index (χ3v) is 5.91. The van der Waals surface area contributed by atoms with E-state index in [-0.39, 0.29) is 0 Å². The second kappa shape index (κ2) is 4.52. The predicted molar refractivity (Wildman–Crippen MR) is 70.5 cm³/mol. The van der Waals surface area contributed by atoms with Gasteiger partial charge in [0.05, 0.1) is 0 Å². The van der Waals surface area contributed by atoms with Crippen molar-refractivity contribution in [3.8, 4) is 0 Å². The molecule has 3 aliphatic rings. The molecule has 0 aromatic carbocycles. The Labute approximate surface area is 110 Å². The lowest BCUT2D eigenvalue weighted by Crippen LogP contribution is -2.56. The zero-order chi connectivity index (χ0) is 12.6. The third kappa shape index (κ3) is 1.87. The summed E-state index contributed by atoms with van der Waals surface area (Å²) in [6, 6.07) is 0. The molecule has 1 aliphatic heterocycles. The SMILES string of the molecule is O=C(O)C1(N2CCCC2)CCC2(CCCC2)CC1. The highest BCUT2D eigenvalue weighted by molar-refractivity contribution is 5.79. The molecule has 102 valence electrons. The molecule has 0 radical (unpaired) electrons. The van der Waals surface area contributed by atoms with E-state index >= 15 is 0 Å². The molecule has 2 saturated carbocycles. The number of carboxylic acid groups (broad SMARTS) is 1. The van der Waals surface area contributed by atoms with Crippen LogP contribution in [0.5, 0.6) is 0 Å². The van der Waals surface area contributed by atoms with Gasteiger partial charge in [0.2, 0.25) is 0 Å². The second-order valence-corrected chi connectivity index (χ2v) is 6.74. The monoisotopic (exact) mass is 251 g/mol. The molecule has 3 nitrogen and oxygen atoms in total. The second-order valence-electron chi connectivity index (χ2n) is 6.74. The number of rotatable bonds is 2. The van der Waals surface area contributed by atoms with Crippen molar-refractivity contribution in [3.63, 3.8) is 0 Å². The maximum absolute atomic E-state index is 11.8. The van der Waals surface area contributed by atoms with E-state index in [1.165, 1.54) is 38.5 Å². The Hall–Kier alpha value is -0.570. The molecule has 1 N–H and O–H groups in total. The largest absolute Gasteiger partial charge is 0.480 e. The first-order valence-electron chi connectivity index (χ1n) is 7.66. The Balaban J connectivity index is 1.75. The first-order valence-corrected chi connectivity index (χ1v) is 7.66. The predicted octanol–water partition coefficient (Wildman–Crippen LogP) is 3.04. The van der Waals surface area contributed by atoms with Crippen LogP contribution in [0.3, 0.4) is 0 Å². The van der Waals surface area contributed by atoms with E-state index in [1.807, 2.05) is 0 Å². The summed E-state index contributed by atoms with van der Waals surface area (Å²) in [5, 5.41) is 9.74. The summed E-state index contributed by atoms with van der Waals surface area (Å²) in [7, 11) is 0. The lowest BCUT2D eigenvalue weighted by molar-refractivity contribution is -0.155. The maximum Gasteiger partial charge on any atom is 0.324 e. The third-order valence-electron chi connectivity index (χ3n) is 5.91. The first kappa shape index (κ1) is 12.5. The number of hydrogen-bond acceptors (Lipinski definition) is 2. The summed E-state index contributed by atoms with van der Waals surface area (Å²) in [6.45, 7) is 2.00. The van der Waals surface area contributed by atoms with Crippen molar-refractivity contribution < 1.29 is 9.90 Å². The van der Waals surface area contributed by atoms with E-state index in [1.54, 1.807) is 0 Å². The molecule has 1 saturated heterocycles. The van der Waals surface area contributed by atoms with Gasteiger partial charge in [-0.2, -0.15) is 0 Å². The Morgan fingerprint density at radius 3 is 1.89 bits per heavy atom. The molecule has 1 heterocycles. The molecule has 3 fully saturated rings. The normalized spacial score (nSPS) is 30.9. The first-order chi connectivity index (χ1) is 8.67. The van der Waals surface area contributed by atoms with E-state index in [0.717, 1.165) is 38.8 Å². The number of carboxylic acids is 1. The Morgan fingerprint density at radius 2 is 1.39 bits per heavy atom. The van der Waals surface area contributed by atoms with Crippen LogP contribution in [0.15, 0.2) is 0 Å². The van der Waals surface area contributed by atoms with Gasteiger partial charge >= 0.3 is 5.97 Å². The minimum absolute atomic E-state index is 0.510. The van der Waals surface area contributed by atoms with Crippen LogP contribution in [0.1, 0.15) is 64.2 Å². The van der Waals surface area contributed by atoms with Crippen LogP contribution < -0.4 is 0 Å². The van der Waals surface area contributed by atoms with Crippen molar-refractivity contribution in [1.82, 2.24) is 4.90 Å². The maximum atomic E-state index is 11.8. The Morgan fingerprint density at radius 1 is 0.833 bits per heavy atom. The lowest BCUT2D eigenvalue weighted by Gasteiger charge is -2.47. The fourth-order valence-corrected chi connectivity index (χ4v) is 4.63. The van der Waals surface area contributed by atoms with Crippen molar-refractivity contribution in [2.45, 2.75) is 69.7 Å². The highest BCUT2D eigenvalue weighted by Gasteiger charge is 2.51. The van der Waals surface area contributed by atoms with Gasteiger partial charge in [0.15, 0.2) is 0 Å². The summed E-state index contributed by atoms with van der Waals surface area (Å²) in [4.78, 5) is 14.1. The number of nitrogens with zero attached hydrogens (tertiary/aromatic N) is 1. The highest BCUT2D eigenvalue weighted by Crippen LogP contribution is 2.52. The van der Waals surface area contributed by atoms with Crippen LogP contribution in [0.25, 0.3) is 0 Å². The number of aliphatic carboxylic acids is 1. The molecular weight excluding hydrogens is 226 g/mol. The van der Waals surface area contributed by atoms with Gasteiger partial charge < -0.3 is 5.11 Å². The van der Waals surface area contributed by atoms with Crippen LogP contribution in [-0.4, -0.2) is 34.6 Å². The van der Waals surface area contributed by atoms with Gasteiger partial charge in [-0.25, -0.2) is 0 Å². The fraction of sp³-hybridized carbons (Fsp3) is 0.933. The quantitative estimate of drug-likeness (QED) is 0.820. The van der Waals surface area contributed by atoms with Gasteiger partial charge in [-0.1, -0.05) is 12.8 Å².